The molecule has 0 saturated carbocycles. The summed E-state index contributed by atoms with van der Waals surface area (Å²) in [6.07, 6.45) is -1.29. The topological polar surface area (TPSA) is 126 Å². The van der Waals surface area contributed by atoms with Crippen LogP contribution in [0.15, 0.2) is 48.5 Å². The molecule has 0 amide bonds. The molecular weight excluding hydrogens is 417 g/mol. The van der Waals surface area contributed by atoms with E-state index in [1.165, 1.54) is 0 Å². The molecule has 0 radical (unpaired) electrons. The predicted octanol–water partition coefficient (Wildman–Crippen LogP) is 1.53. The Morgan fingerprint density at radius 2 is 1.47 bits per heavy atom. The maximum Gasteiger partial charge on any atom is 0.264 e. The van der Waals surface area contributed by atoms with E-state index in [1.54, 1.807) is 48.5 Å². The van der Waals surface area contributed by atoms with Crippen molar-refractivity contribution in [2.75, 3.05) is 32.8 Å². The first kappa shape index (κ1) is 23.7. The third-order valence-corrected chi connectivity index (χ3v) is 4.48. The molecule has 0 aromatic heterocycles. The van der Waals surface area contributed by atoms with Crippen LogP contribution in [0.1, 0.15) is 11.1 Å². The first-order valence-electron chi connectivity index (χ1n) is 9.00. The normalized spacial score (nSPS) is 13.5. The molecule has 0 aliphatic rings. The van der Waals surface area contributed by atoms with Gasteiger partial charge in [-0.15, -0.1) is 0 Å². The Morgan fingerprint density at radius 3 is 1.87 bits per heavy atom. The highest BCUT2D eigenvalue weighted by atomic mass is 32.2. The molecule has 0 fully saturated rings. The van der Waals surface area contributed by atoms with Gasteiger partial charge in [0.15, 0.2) is 0 Å². The van der Waals surface area contributed by atoms with Crippen molar-refractivity contribution in [3.05, 3.63) is 59.7 Å². The molecule has 0 bridgehead atoms. The number of aliphatic hydroxyl groups is 2. The summed E-state index contributed by atoms with van der Waals surface area (Å²) in [5, 5.41) is 26.7. The van der Waals surface area contributed by atoms with Crippen molar-refractivity contribution >= 4 is 15.8 Å². The summed E-state index contributed by atoms with van der Waals surface area (Å²) >= 11 is 0. The molecule has 164 valence electrons. The molecule has 0 heterocycles. The van der Waals surface area contributed by atoms with E-state index in [1.807, 2.05) is 0 Å². The number of hydrogen-bond acceptors (Lipinski definition) is 8. The van der Waals surface area contributed by atoms with Crippen LogP contribution in [0.5, 0.6) is 11.5 Å². The second kappa shape index (κ2) is 11.0. The van der Waals surface area contributed by atoms with Crippen LogP contribution in [0.2, 0.25) is 0 Å². The number of halogens is 1. The van der Waals surface area contributed by atoms with Crippen LogP contribution in [-0.2, 0) is 14.3 Å². The summed E-state index contributed by atoms with van der Waals surface area (Å²) in [6.45, 7) is -1.70. The van der Waals surface area contributed by atoms with Crippen molar-refractivity contribution in [2.45, 2.75) is 12.2 Å². The Labute approximate surface area is 174 Å². The highest BCUT2D eigenvalue weighted by Crippen LogP contribution is 2.18. The minimum Gasteiger partial charge on any atom is -0.491 e. The first-order valence-corrected chi connectivity index (χ1v) is 10.8. The lowest BCUT2D eigenvalue weighted by Gasteiger charge is -2.15. The molecule has 8 nitrogen and oxygen atoms in total. The van der Waals surface area contributed by atoms with Gasteiger partial charge >= 0.3 is 0 Å². The summed E-state index contributed by atoms with van der Waals surface area (Å²) in [4.78, 5) is 0. The van der Waals surface area contributed by atoms with Crippen LogP contribution in [0, 0.1) is 5.41 Å². The van der Waals surface area contributed by atoms with Crippen molar-refractivity contribution in [3.63, 3.8) is 0 Å². The molecule has 2 aromatic rings. The average Bonchev–Trinajstić information content (AvgIpc) is 2.74. The van der Waals surface area contributed by atoms with Crippen molar-refractivity contribution in [3.8, 4) is 11.5 Å². The second-order valence-corrected chi connectivity index (χ2v) is 8.06. The van der Waals surface area contributed by atoms with Crippen LogP contribution in [-0.4, -0.2) is 69.3 Å². The van der Waals surface area contributed by atoms with Crippen molar-refractivity contribution < 1.29 is 36.7 Å². The Morgan fingerprint density at radius 1 is 1.00 bits per heavy atom. The molecule has 2 aromatic carbocycles. The number of nitrogens with one attached hydrogen (secondary N) is 1. The number of alkyl halides is 1. The van der Waals surface area contributed by atoms with E-state index in [-0.39, 0.29) is 18.9 Å². The fourth-order valence-electron chi connectivity index (χ4n) is 2.39. The van der Waals surface area contributed by atoms with Gasteiger partial charge in [-0.05, 0) is 48.5 Å². The van der Waals surface area contributed by atoms with Gasteiger partial charge in [-0.1, -0.05) is 0 Å². The highest BCUT2D eigenvalue weighted by Gasteiger charge is 2.15. The van der Waals surface area contributed by atoms with Gasteiger partial charge in [0.25, 0.3) is 10.1 Å². The van der Waals surface area contributed by atoms with Crippen molar-refractivity contribution in [1.29, 1.82) is 5.41 Å². The number of ether oxygens (including phenoxy) is 2. The third-order valence-electron chi connectivity index (χ3n) is 3.86. The monoisotopic (exact) mass is 441 g/mol. The molecule has 2 rings (SSSR count). The van der Waals surface area contributed by atoms with Gasteiger partial charge in [-0.3, -0.25) is 9.59 Å². The zero-order chi connectivity index (χ0) is 22.1. The van der Waals surface area contributed by atoms with Crippen LogP contribution in [0.4, 0.5) is 4.39 Å². The molecule has 30 heavy (non-hydrogen) atoms. The van der Waals surface area contributed by atoms with E-state index in [0.717, 1.165) is 6.26 Å². The molecule has 0 aliphatic carbocycles. The van der Waals surface area contributed by atoms with E-state index in [2.05, 4.69) is 0 Å². The molecule has 0 spiro atoms. The Kier molecular flexibility index (Phi) is 8.72. The van der Waals surface area contributed by atoms with Crippen molar-refractivity contribution in [1.82, 2.24) is 0 Å². The smallest absolute Gasteiger partial charge is 0.264 e. The van der Waals surface area contributed by atoms with Gasteiger partial charge in [0, 0.05) is 11.1 Å². The zero-order valence-electron chi connectivity index (χ0n) is 16.3. The summed E-state index contributed by atoms with van der Waals surface area (Å²) < 4.78 is 49.9. The SMILES string of the molecule is CS(=O)(=O)OC(CO)COc1ccc(C(=N)c2ccc(OCC(O)CF)cc2)cc1. The molecule has 2 unspecified atom stereocenters. The number of benzene rings is 2. The lowest BCUT2D eigenvalue weighted by atomic mass is 10.0. The summed E-state index contributed by atoms with van der Waals surface area (Å²) in [6, 6.07) is 13.2. The van der Waals surface area contributed by atoms with Gasteiger partial charge in [0.05, 0.1) is 18.6 Å². The highest BCUT2D eigenvalue weighted by molar-refractivity contribution is 7.86. The zero-order valence-corrected chi connectivity index (χ0v) is 17.1. The third kappa shape index (κ3) is 7.71. The average molecular weight is 441 g/mol. The minimum absolute atomic E-state index is 0.152. The largest absolute Gasteiger partial charge is 0.491 e. The Balaban J connectivity index is 1.94. The molecule has 10 heteroatoms. The number of hydrogen-bond donors (Lipinski definition) is 3. The van der Waals surface area contributed by atoms with Crippen LogP contribution in [0.3, 0.4) is 0 Å². The lowest BCUT2D eigenvalue weighted by molar-refractivity contribution is 0.0773. The van der Waals surface area contributed by atoms with Gasteiger partial charge < -0.3 is 19.7 Å². The van der Waals surface area contributed by atoms with Gasteiger partial charge in [0.1, 0.15) is 43.6 Å². The van der Waals surface area contributed by atoms with Gasteiger partial charge in [-0.25, -0.2) is 4.39 Å². The molecule has 0 saturated heterocycles. The van der Waals surface area contributed by atoms with Crippen LogP contribution < -0.4 is 9.47 Å². The molecule has 2 atom stereocenters. The molecule has 3 N–H and O–H groups in total. The van der Waals surface area contributed by atoms with Crippen molar-refractivity contribution in [2.24, 2.45) is 0 Å². The Bertz CT molecular complexity index is 917. The lowest BCUT2D eigenvalue weighted by Crippen LogP contribution is -2.28. The standard InChI is InChI=1S/C20H24FNO7S/c1-30(25,26)29-19(11-23)13-28-18-8-4-15(5-9-18)20(22)14-2-6-17(7-3-14)27-12-16(24)10-21/h2-9,16,19,22-24H,10-13H2,1H3. The Hall–Kier alpha value is -2.53. The van der Waals surface area contributed by atoms with Gasteiger partial charge in [-0.2, -0.15) is 8.42 Å². The first-order chi connectivity index (χ1) is 14.2. The van der Waals surface area contributed by atoms with E-state index in [9.17, 15) is 17.9 Å². The fraction of sp³-hybridized carbons (Fsp3) is 0.350. The maximum atomic E-state index is 12.2. The van der Waals surface area contributed by atoms with E-state index < -0.39 is 35.6 Å². The minimum atomic E-state index is -3.71. The van der Waals surface area contributed by atoms with E-state index >= 15 is 0 Å². The van der Waals surface area contributed by atoms with E-state index in [0.29, 0.717) is 22.6 Å². The number of aliphatic hydroxyl groups excluding tert-OH is 2. The summed E-state index contributed by atoms with van der Waals surface area (Å²) in [5.74, 6) is 0.884. The quantitative estimate of drug-likeness (QED) is 0.337. The summed E-state index contributed by atoms with van der Waals surface area (Å²) in [7, 11) is -3.71. The fourth-order valence-corrected chi connectivity index (χ4v) is 3.00. The molecule has 0 aliphatic heterocycles. The van der Waals surface area contributed by atoms with E-state index in [4.69, 9.17) is 24.2 Å². The predicted molar refractivity (Wildman–Crippen MR) is 109 cm³/mol. The second-order valence-electron chi connectivity index (χ2n) is 6.46. The van der Waals surface area contributed by atoms with Crippen LogP contribution in [0.25, 0.3) is 0 Å². The van der Waals surface area contributed by atoms with Gasteiger partial charge in [0.2, 0.25) is 0 Å². The van der Waals surface area contributed by atoms with Crippen LogP contribution >= 0.6 is 0 Å². The number of rotatable bonds is 12. The summed E-state index contributed by atoms with van der Waals surface area (Å²) in [5.41, 5.74) is 1.50. The molecular formula is C20H24FNO7S. The maximum absolute atomic E-state index is 12.2.